The third-order valence-corrected chi connectivity index (χ3v) is 4.36. The number of halogens is 1. The molecule has 0 bridgehead atoms. The number of urea groups is 1. The number of primary amides is 1. The molecule has 0 spiro atoms. The van der Waals surface area contributed by atoms with E-state index in [1.807, 2.05) is 36.4 Å². The van der Waals surface area contributed by atoms with Gasteiger partial charge in [-0.1, -0.05) is 30.3 Å². The molecule has 4 aromatic rings. The molecule has 0 fully saturated rings. The van der Waals surface area contributed by atoms with Crippen molar-refractivity contribution in [3.05, 3.63) is 83.9 Å². The quantitative estimate of drug-likeness (QED) is 0.469. The van der Waals surface area contributed by atoms with E-state index in [-0.39, 0.29) is 16.8 Å². The summed E-state index contributed by atoms with van der Waals surface area (Å²) in [6.07, 6.45) is 3.21. The largest absolute Gasteiger partial charge is 0.351 e. The molecule has 138 valence electrons. The Labute approximate surface area is 159 Å². The fourth-order valence-corrected chi connectivity index (χ4v) is 3.04. The second-order valence-electron chi connectivity index (χ2n) is 6.20. The fraction of sp³-hybridized carbons (Fsp3) is 0. The molecule has 2 amide bonds. The van der Waals surface area contributed by atoms with Crippen LogP contribution in [0.5, 0.6) is 0 Å². The first-order valence-corrected chi connectivity index (χ1v) is 8.46. The van der Waals surface area contributed by atoms with Crippen LogP contribution in [-0.2, 0) is 0 Å². The van der Waals surface area contributed by atoms with Gasteiger partial charge in [0.1, 0.15) is 11.5 Å². The summed E-state index contributed by atoms with van der Waals surface area (Å²) in [5.74, 6) is -1.22. The molecule has 0 saturated carbocycles. The summed E-state index contributed by atoms with van der Waals surface area (Å²) in [6, 6.07) is 14.4. The predicted octanol–water partition coefficient (Wildman–Crippen LogP) is 4.09. The second-order valence-corrected chi connectivity index (χ2v) is 6.20. The molecule has 28 heavy (non-hydrogen) atoms. The molecule has 0 aliphatic carbocycles. The summed E-state index contributed by atoms with van der Waals surface area (Å²) in [7, 11) is 0. The Bertz CT molecular complexity index is 1200. The van der Waals surface area contributed by atoms with E-state index in [0.29, 0.717) is 11.0 Å². The van der Waals surface area contributed by atoms with E-state index in [0.717, 1.165) is 17.2 Å². The molecule has 2 aromatic carbocycles. The zero-order chi connectivity index (χ0) is 19.7. The number of amides is 2. The van der Waals surface area contributed by atoms with Crippen LogP contribution in [0.3, 0.4) is 0 Å². The summed E-state index contributed by atoms with van der Waals surface area (Å²) >= 11 is 0. The Morgan fingerprint density at radius 3 is 2.54 bits per heavy atom. The van der Waals surface area contributed by atoms with Crippen LogP contribution < -0.4 is 11.1 Å². The van der Waals surface area contributed by atoms with Crippen LogP contribution in [0.25, 0.3) is 22.2 Å². The van der Waals surface area contributed by atoms with Gasteiger partial charge in [-0.25, -0.2) is 14.2 Å². The number of ketones is 1. The van der Waals surface area contributed by atoms with Gasteiger partial charge in [-0.2, -0.15) is 0 Å². The molecule has 7 heteroatoms. The van der Waals surface area contributed by atoms with Gasteiger partial charge in [0.05, 0.1) is 5.56 Å². The molecule has 0 aliphatic heterocycles. The van der Waals surface area contributed by atoms with Crippen molar-refractivity contribution in [2.75, 3.05) is 5.32 Å². The number of nitrogens with one attached hydrogen (secondary N) is 2. The van der Waals surface area contributed by atoms with E-state index in [1.165, 1.54) is 18.3 Å². The number of nitrogens with zero attached hydrogens (tertiary/aromatic N) is 1. The zero-order valence-corrected chi connectivity index (χ0v) is 14.6. The number of hydrogen-bond acceptors (Lipinski definition) is 3. The van der Waals surface area contributed by atoms with Crippen molar-refractivity contribution in [3.63, 3.8) is 0 Å². The van der Waals surface area contributed by atoms with Gasteiger partial charge in [-0.3, -0.25) is 4.79 Å². The first-order valence-electron chi connectivity index (χ1n) is 8.46. The van der Waals surface area contributed by atoms with Crippen LogP contribution in [0.1, 0.15) is 15.9 Å². The maximum absolute atomic E-state index is 14.3. The number of hydrogen-bond donors (Lipinski definition) is 3. The predicted molar refractivity (Wildman–Crippen MR) is 105 cm³/mol. The molecule has 6 nitrogen and oxygen atoms in total. The van der Waals surface area contributed by atoms with Gasteiger partial charge >= 0.3 is 6.03 Å². The number of pyridine rings is 1. The molecule has 4 rings (SSSR count). The fourth-order valence-electron chi connectivity index (χ4n) is 3.04. The highest BCUT2D eigenvalue weighted by molar-refractivity contribution is 6.16. The molecule has 2 aromatic heterocycles. The maximum atomic E-state index is 14.3. The normalized spacial score (nSPS) is 10.8. The van der Waals surface area contributed by atoms with Crippen LogP contribution >= 0.6 is 0 Å². The molecular formula is C21H15FN4O2. The third-order valence-electron chi connectivity index (χ3n) is 4.36. The summed E-state index contributed by atoms with van der Waals surface area (Å²) < 4.78 is 14.3. The summed E-state index contributed by atoms with van der Waals surface area (Å²) in [4.78, 5) is 31.3. The number of anilines is 1. The molecule has 0 atom stereocenters. The van der Waals surface area contributed by atoms with Crippen LogP contribution in [0.2, 0.25) is 0 Å². The first kappa shape index (κ1) is 17.4. The Kier molecular flexibility index (Phi) is 4.33. The van der Waals surface area contributed by atoms with Crippen molar-refractivity contribution in [1.82, 2.24) is 9.97 Å². The van der Waals surface area contributed by atoms with E-state index < -0.39 is 17.6 Å². The number of nitrogens with two attached hydrogens (primary N) is 1. The van der Waals surface area contributed by atoms with E-state index in [9.17, 15) is 14.0 Å². The minimum atomic E-state index is -0.797. The molecule has 0 radical (unpaired) electrons. The number of rotatable bonds is 4. The molecule has 2 heterocycles. The average molecular weight is 374 g/mol. The second kappa shape index (κ2) is 6.96. The lowest BCUT2D eigenvalue weighted by atomic mass is 10.0. The van der Waals surface area contributed by atoms with E-state index >= 15 is 0 Å². The van der Waals surface area contributed by atoms with Crippen molar-refractivity contribution >= 4 is 28.5 Å². The lowest BCUT2D eigenvalue weighted by Crippen LogP contribution is -2.19. The van der Waals surface area contributed by atoms with Crippen molar-refractivity contribution in [1.29, 1.82) is 0 Å². The van der Waals surface area contributed by atoms with Gasteiger partial charge in [0.2, 0.25) is 0 Å². The van der Waals surface area contributed by atoms with Gasteiger partial charge in [-0.15, -0.1) is 0 Å². The van der Waals surface area contributed by atoms with Gasteiger partial charge < -0.3 is 16.0 Å². The Balaban J connectivity index is 1.79. The highest BCUT2D eigenvalue weighted by atomic mass is 19.1. The van der Waals surface area contributed by atoms with Gasteiger partial charge in [0, 0.05) is 34.6 Å². The smallest absolute Gasteiger partial charge is 0.316 e. The van der Waals surface area contributed by atoms with Crippen molar-refractivity contribution in [2.45, 2.75) is 0 Å². The van der Waals surface area contributed by atoms with Crippen LogP contribution in [0.4, 0.5) is 14.9 Å². The third kappa shape index (κ3) is 3.21. The van der Waals surface area contributed by atoms with E-state index in [1.54, 1.807) is 6.20 Å². The van der Waals surface area contributed by atoms with Gasteiger partial charge in [0.15, 0.2) is 5.78 Å². The Morgan fingerprint density at radius 1 is 1.00 bits per heavy atom. The number of carbonyl (C=O) groups is 2. The van der Waals surface area contributed by atoms with Crippen molar-refractivity contribution < 1.29 is 14.0 Å². The van der Waals surface area contributed by atoms with Gasteiger partial charge in [0.25, 0.3) is 0 Å². The molecule has 4 N–H and O–H groups in total. The highest BCUT2D eigenvalue weighted by Crippen LogP contribution is 2.27. The lowest BCUT2D eigenvalue weighted by molar-refractivity contribution is 0.103. The average Bonchev–Trinajstić information content (AvgIpc) is 3.12. The molecule has 0 aliphatic rings. The van der Waals surface area contributed by atoms with Crippen molar-refractivity contribution in [2.24, 2.45) is 5.73 Å². The number of aromatic amines is 1. The molecular weight excluding hydrogens is 359 g/mol. The van der Waals surface area contributed by atoms with Crippen molar-refractivity contribution in [3.8, 4) is 11.1 Å². The minimum absolute atomic E-state index is 0.169. The Hall–Kier alpha value is -4.00. The van der Waals surface area contributed by atoms with Gasteiger partial charge in [-0.05, 0) is 29.8 Å². The topological polar surface area (TPSA) is 101 Å². The van der Waals surface area contributed by atoms with Crippen LogP contribution in [-0.4, -0.2) is 21.8 Å². The minimum Gasteiger partial charge on any atom is -0.351 e. The number of carbonyl (C=O) groups excluding carboxylic acids is 2. The number of benzene rings is 2. The monoisotopic (exact) mass is 374 g/mol. The summed E-state index contributed by atoms with van der Waals surface area (Å²) in [6.45, 7) is 0. The van der Waals surface area contributed by atoms with E-state index in [4.69, 9.17) is 5.73 Å². The SMILES string of the molecule is NC(=O)Nc1ccc(F)c(C(=O)c2c[nH]c3ncc(-c4ccccc4)cc23)c1. The highest BCUT2D eigenvalue weighted by Gasteiger charge is 2.19. The Morgan fingerprint density at radius 2 is 1.79 bits per heavy atom. The number of H-pyrrole nitrogens is 1. The molecule has 0 saturated heterocycles. The number of fused-ring (bicyclic) bond motifs is 1. The lowest BCUT2D eigenvalue weighted by Gasteiger charge is -2.07. The van der Waals surface area contributed by atoms with Crippen LogP contribution in [0, 0.1) is 5.82 Å². The standard InChI is InChI=1S/C21H15FN4O2/c22-18-7-6-14(26-21(23)28)9-16(18)19(27)17-11-25-20-15(17)8-13(10-24-20)12-4-2-1-3-5-12/h1-11H,(H,24,25)(H3,23,26,28). The van der Waals surface area contributed by atoms with Crippen LogP contribution in [0.15, 0.2) is 67.0 Å². The van der Waals surface area contributed by atoms with E-state index in [2.05, 4.69) is 15.3 Å². The summed E-state index contributed by atoms with van der Waals surface area (Å²) in [5.41, 5.74) is 7.76. The zero-order valence-electron chi connectivity index (χ0n) is 14.6. The summed E-state index contributed by atoms with van der Waals surface area (Å²) in [5, 5.41) is 2.92. The first-order chi connectivity index (χ1) is 13.5. The maximum Gasteiger partial charge on any atom is 0.316 e. The molecule has 0 unspecified atom stereocenters. The number of aromatic nitrogens is 2.